The topological polar surface area (TPSA) is 60.2 Å². The van der Waals surface area contributed by atoms with Crippen LogP contribution in [0.4, 0.5) is 5.95 Å². The van der Waals surface area contributed by atoms with Gasteiger partial charge >= 0.3 is 0 Å². The van der Waals surface area contributed by atoms with Crippen LogP contribution in [0.1, 0.15) is 48.0 Å². The highest BCUT2D eigenvalue weighted by Crippen LogP contribution is 2.44. The van der Waals surface area contributed by atoms with Crippen molar-refractivity contribution in [1.29, 1.82) is 0 Å². The first-order valence-corrected chi connectivity index (χ1v) is 10.1. The molecule has 1 saturated carbocycles. The SMILES string of the molecule is COc1ccc([C@H]2C[C@H](c3ccc(C)cc3)n3ncnc3N2C(=O)C2CC2)cc1. The fraction of sp³-hybridized carbons (Fsp3) is 0.348. The lowest BCUT2D eigenvalue weighted by molar-refractivity contribution is -0.120. The smallest absolute Gasteiger partial charge is 0.233 e. The van der Waals surface area contributed by atoms with Crippen LogP contribution >= 0.6 is 0 Å². The maximum Gasteiger partial charge on any atom is 0.233 e. The normalized spacial score (nSPS) is 21.0. The molecule has 0 radical (unpaired) electrons. The molecule has 2 atom stereocenters. The Morgan fingerprint density at radius 1 is 1.00 bits per heavy atom. The molecule has 2 aliphatic rings. The Bertz CT molecular complexity index is 1020. The first-order chi connectivity index (χ1) is 14.2. The molecular weight excluding hydrogens is 364 g/mol. The highest BCUT2D eigenvalue weighted by Gasteiger charge is 2.44. The largest absolute Gasteiger partial charge is 0.497 e. The van der Waals surface area contributed by atoms with Gasteiger partial charge < -0.3 is 4.74 Å². The predicted molar refractivity (Wildman–Crippen MR) is 110 cm³/mol. The van der Waals surface area contributed by atoms with E-state index in [1.165, 1.54) is 11.1 Å². The number of aromatic nitrogens is 3. The highest BCUT2D eigenvalue weighted by molar-refractivity contribution is 5.96. The summed E-state index contributed by atoms with van der Waals surface area (Å²) in [5.74, 6) is 1.71. The summed E-state index contributed by atoms with van der Waals surface area (Å²) < 4.78 is 7.23. The summed E-state index contributed by atoms with van der Waals surface area (Å²) in [4.78, 5) is 19.6. The molecule has 29 heavy (non-hydrogen) atoms. The molecule has 148 valence electrons. The number of amides is 1. The Labute approximate surface area is 170 Å². The van der Waals surface area contributed by atoms with E-state index in [4.69, 9.17) is 4.74 Å². The van der Waals surface area contributed by atoms with Gasteiger partial charge in [-0.2, -0.15) is 10.1 Å². The Hall–Kier alpha value is -3.15. The third-order valence-electron chi connectivity index (χ3n) is 5.95. The van der Waals surface area contributed by atoms with Crippen molar-refractivity contribution >= 4 is 11.9 Å². The van der Waals surface area contributed by atoms with Crippen molar-refractivity contribution in [2.45, 2.75) is 38.3 Å². The number of benzene rings is 2. The zero-order chi connectivity index (χ0) is 20.0. The standard InChI is InChI=1S/C23H24N4O2/c1-15-3-5-17(6-4-15)21-13-20(16-9-11-19(29-2)12-10-16)26(22(28)18-7-8-18)23-24-14-25-27(21)23/h3-6,9-12,14,18,20-21H,7-8,13H2,1-2H3/t20-,21-/m1/s1. The molecule has 0 spiro atoms. The van der Waals surface area contributed by atoms with Gasteiger partial charge in [-0.05, 0) is 49.4 Å². The van der Waals surface area contributed by atoms with E-state index in [9.17, 15) is 4.79 Å². The number of nitrogens with zero attached hydrogens (tertiary/aromatic N) is 4. The van der Waals surface area contributed by atoms with Crippen molar-refractivity contribution in [3.8, 4) is 5.75 Å². The van der Waals surface area contributed by atoms with E-state index in [0.29, 0.717) is 5.95 Å². The van der Waals surface area contributed by atoms with E-state index in [1.54, 1.807) is 13.4 Å². The fourth-order valence-electron chi connectivity index (χ4n) is 4.15. The second-order valence-corrected chi connectivity index (χ2v) is 7.94. The number of hydrogen-bond acceptors (Lipinski definition) is 4. The molecule has 3 aromatic rings. The van der Waals surface area contributed by atoms with Crippen LogP contribution < -0.4 is 9.64 Å². The molecule has 6 nitrogen and oxygen atoms in total. The van der Waals surface area contributed by atoms with Crippen LogP contribution in [0, 0.1) is 12.8 Å². The molecule has 1 aliphatic carbocycles. The Morgan fingerprint density at radius 3 is 2.31 bits per heavy atom. The molecule has 1 amide bonds. The Balaban J connectivity index is 1.60. The van der Waals surface area contributed by atoms with Gasteiger partial charge in [-0.3, -0.25) is 9.69 Å². The Kier molecular flexibility index (Phi) is 4.34. The van der Waals surface area contributed by atoms with Gasteiger partial charge in [0.05, 0.1) is 19.2 Å². The Morgan fingerprint density at radius 2 is 1.66 bits per heavy atom. The van der Waals surface area contributed by atoms with E-state index >= 15 is 0 Å². The molecule has 5 rings (SSSR count). The molecule has 0 unspecified atom stereocenters. The zero-order valence-electron chi connectivity index (χ0n) is 16.7. The van der Waals surface area contributed by atoms with Gasteiger partial charge in [0.15, 0.2) is 0 Å². The van der Waals surface area contributed by atoms with Crippen LogP contribution in [0.15, 0.2) is 54.9 Å². The number of fused-ring (bicyclic) bond motifs is 1. The third-order valence-corrected chi connectivity index (χ3v) is 5.95. The van der Waals surface area contributed by atoms with Crippen molar-refractivity contribution < 1.29 is 9.53 Å². The van der Waals surface area contributed by atoms with Gasteiger partial charge in [-0.25, -0.2) is 4.68 Å². The quantitative estimate of drug-likeness (QED) is 0.676. The predicted octanol–water partition coefficient (Wildman–Crippen LogP) is 4.07. The van der Waals surface area contributed by atoms with E-state index in [2.05, 4.69) is 53.4 Å². The second-order valence-electron chi connectivity index (χ2n) is 7.94. The van der Waals surface area contributed by atoms with E-state index < -0.39 is 0 Å². The maximum absolute atomic E-state index is 13.2. The lowest BCUT2D eigenvalue weighted by Gasteiger charge is -2.39. The number of rotatable bonds is 4. The molecule has 1 aromatic heterocycles. The number of carbonyl (C=O) groups excluding carboxylic acids is 1. The average molecular weight is 388 g/mol. The molecule has 2 aromatic carbocycles. The molecule has 1 fully saturated rings. The number of aryl methyl sites for hydroxylation is 1. The minimum absolute atomic E-state index is 0.0310. The third kappa shape index (κ3) is 3.18. The minimum atomic E-state index is -0.0861. The van der Waals surface area contributed by atoms with Crippen LogP contribution in [-0.4, -0.2) is 27.8 Å². The second kappa shape index (κ2) is 7.03. The summed E-state index contributed by atoms with van der Waals surface area (Å²) in [5.41, 5.74) is 3.49. The van der Waals surface area contributed by atoms with Crippen LogP contribution in [-0.2, 0) is 4.79 Å². The lowest BCUT2D eigenvalue weighted by Crippen LogP contribution is -2.43. The van der Waals surface area contributed by atoms with E-state index in [0.717, 1.165) is 30.6 Å². The van der Waals surface area contributed by atoms with Gasteiger partial charge in [0.1, 0.15) is 12.1 Å². The van der Waals surface area contributed by atoms with Crippen LogP contribution in [0.5, 0.6) is 5.75 Å². The summed E-state index contributed by atoms with van der Waals surface area (Å²) >= 11 is 0. The molecule has 0 N–H and O–H groups in total. The number of anilines is 1. The summed E-state index contributed by atoms with van der Waals surface area (Å²) in [5, 5.41) is 4.50. The minimum Gasteiger partial charge on any atom is -0.497 e. The van der Waals surface area contributed by atoms with Gasteiger partial charge in [0.25, 0.3) is 0 Å². The first-order valence-electron chi connectivity index (χ1n) is 10.1. The van der Waals surface area contributed by atoms with Crippen molar-refractivity contribution in [3.63, 3.8) is 0 Å². The zero-order valence-corrected chi connectivity index (χ0v) is 16.7. The van der Waals surface area contributed by atoms with Gasteiger partial charge in [-0.1, -0.05) is 42.0 Å². The summed E-state index contributed by atoms with van der Waals surface area (Å²) in [6.07, 6.45) is 4.23. The summed E-state index contributed by atoms with van der Waals surface area (Å²) in [6.45, 7) is 2.09. The highest BCUT2D eigenvalue weighted by atomic mass is 16.5. The maximum atomic E-state index is 13.2. The van der Waals surface area contributed by atoms with Crippen LogP contribution in [0.3, 0.4) is 0 Å². The van der Waals surface area contributed by atoms with Crippen molar-refractivity contribution in [2.24, 2.45) is 5.92 Å². The van der Waals surface area contributed by atoms with E-state index in [1.807, 2.05) is 21.7 Å². The molecule has 6 heteroatoms. The van der Waals surface area contributed by atoms with Crippen molar-refractivity contribution in [2.75, 3.05) is 12.0 Å². The van der Waals surface area contributed by atoms with Crippen LogP contribution in [0.2, 0.25) is 0 Å². The number of methoxy groups -OCH3 is 1. The fourth-order valence-corrected chi connectivity index (χ4v) is 4.15. The monoisotopic (exact) mass is 388 g/mol. The van der Waals surface area contributed by atoms with Crippen LogP contribution in [0.25, 0.3) is 0 Å². The summed E-state index contributed by atoms with van der Waals surface area (Å²) in [6, 6.07) is 16.5. The number of hydrogen-bond donors (Lipinski definition) is 0. The average Bonchev–Trinajstić information content (AvgIpc) is 3.50. The van der Waals surface area contributed by atoms with Gasteiger partial charge in [-0.15, -0.1) is 0 Å². The molecular formula is C23H24N4O2. The number of ether oxygens (including phenoxy) is 1. The van der Waals surface area contributed by atoms with E-state index in [-0.39, 0.29) is 23.9 Å². The van der Waals surface area contributed by atoms with Crippen molar-refractivity contribution in [3.05, 3.63) is 71.5 Å². The van der Waals surface area contributed by atoms with Crippen molar-refractivity contribution in [1.82, 2.24) is 14.8 Å². The lowest BCUT2D eigenvalue weighted by atomic mass is 9.91. The first kappa shape index (κ1) is 17.9. The molecule has 2 heterocycles. The molecule has 0 bridgehead atoms. The van der Waals surface area contributed by atoms with Gasteiger partial charge in [0, 0.05) is 5.92 Å². The molecule has 1 aliphatic heterocycles. The number of carbonyl (C=O) groups is 1. The molecule has 0 saturated heterocycles. The van der Waals surface area contributed by atoms with Gasteiger partial charge in [0.2, 0.25) is 11.9 Å². The summed E-state index contributed by atoms with van der Waals surface area (Å²) in [7, 11) is 1.66.